The molecule has 0 spiro atoms. The maximum Gasteiger partial charge on any atom is 0.232 e. The van der Waals surface area contributed by atoms with Crippen LogP contribution in [0.25, 0.3) is 0 Å². The minimum atomic E-state index is -3.45. The first kappa shape index (κ1) is 20.3. The number of carbonyl (C=O) groups is 1. The number of carbonyl (C=O) groups excluding carboxylic acids is 1. The average molecular weight is 394 g/mol. The van der Waals surface area contributed by atoms with E-state index in [4.69, 9.17) is 0 Å². The Labute approximate surface area is 162 Å². The van der Waals surface area contributed by atoms with Crippen LogP contribution in [0.15, 0.2) is 24.3 Å². The molecule has 1 saturated carbocycles. The van der Waals surface area contributed by atoms with Crippen LogP contribution in [-0.4, -0.2) is 33.0 Å². The van der Waals surface area contributed by atoms with E-state index in [2.05, 4.69) is 15.4 Å². The monoisotopic (exact) mass is 393 g/mol. The largest absolute Gasteiger partial charge is 0.326 e. The first-order valence-electron chi connectivity index (χ1n) is 9.72. The number of nitrogens with one attached hydrogen (secondary N) is 3. The smallest absolute Gasteiger partial charge is 0.232 e. The molecule has 1 aromatic carbocycles. The number of amides is 1. The van der Waals surface area contributed by atoms with Gasteiger partial charge < -0.3 is 10.6 Å². The Morgan fingerprint density at radius 1 is 1.30 bits per heavy atom. The zero-order chi connectivity index (χ0) is 19.7. The Morgan fingerprint density at radius 3 is 2.81 bits per heavy atom. The minimum Gasteiger partial charge on any atom is -0.326 e. The summed E-state index contributed by atoms with van der Waals surface area (Å²) in [4.78, 5) is 13.1. The molecule has 1 aliphatic carbocycles. The molecule has 0 bridgehead atoms. The molecule has 3 rings (SSSR count). The third kappa shape index (κ3) is 4.89. The Morgan fingerprint density at radius 2 is 2.07 bits per heavy atom. The Kier molecular flexibility index (Phi) is 5.66. The molecule has 27 heavy (non-hydrogen) atoms. The van der Waals surface area contributed by atoms with E-state index in [1.165, 1.54) is 6.42 Å². The summed E-state index contributed by atoms with van der Waals surface area (Å²) >= 11 is 0. The van der Waals surface area contributed by atoms with Crippen molar-refractivity contribution in [2.45, 2.75) is 57.7 Å². The minimum absolute atomic E-state index is 0.0602. The average Bonchev–Trinajstić information content (AvgIpc) is 2.97. The van der Waals surface area contributed by atoms with E-state index in [0.29, 0.717) is 17.2 Å². The van der Waals surface area contributed by atoms with Crippen LogP contribution in [0.1, 0.15) is 52.0 Å². The summed E-state index contributed by atoms with van der Waals surface area (Å²) in [6.07, 6.45) is 4.29. The molecule has 3 N–H and O–H groups in total. The van der Waals surface area contributed by atoms with E-state index in [0.717, 1.165) is 32.4 Å². The molecule has 1 saturated heterocycles. The molecule has 1 amide bonds. The van der Waals surface area contributed by atoms with Crippen molar-refractivity contribution in [2.24, 2.45) is 11.3 Å². The molecule has 150 valence electrons. The van der Waals surface area contributed by atoms with E-state index in [-0.39, 0.29) is 17.1 Å². The fraction of sp³-hybridized carbons (Fsp3) is 0.650. The summed E-state index contributed by atoms with van der Waals surface area (Å²) < 4.78 is 27.3. The maximum absolute atomic E-state index is 13.1. The van der Waals surface area contributed by atoms with Gasteiger partial charge in [0.15, 0.2) is 0 Å². The van der Waals surface area contributed by atoms with Gasteiger partial charge in [0.2, 0.25) is 15.9 Å². The van der Waals surface area contributed by atoms with E-state index in [1.807, 2.05) is 26.8 Å². The van der Waals surface area contributed by atoms with Gasteiger partial charge in [0, 0.05) is 17.8 Å². The number of hydrogen-bond donors (Lipinski definition) is 3. The highest BCUT2D eigenvalue weighted by Crippen LogP contribution is 2.44. The second kappa shape index (κ2) is 7.53. The van der Waals surface area contributed by atoms with E-state index >= 15 is 0 Å². The van der Waals surface area contributed by atoms with Crippen molar-refractivity contribution in [1.82, 2.24) is 10.0 Å². The molecule has 1 aliphatic heterocycles. The first-order valence-corrected chi connectivity index (χ1v) is 11.4. The summed E-state index contributed by atoms with van der Waals surface area (Å²) in [5.41, 5.74) is 0.476. The van der Waals surface area contributed by atoms with Crippen molar-refractivity contribution in [2.75, 3.05) is 18.4 Å². The standard InChI is InChI=1S/C20H31N3O3S/c1-19(2,3)23-27(25,26)13-15-7-6-9-17(11-15)22-18(24)20-10-5-4-8-16(20)12-21-14-20/h6-7,9,11,16,21,23H,4-5,8,10,12-14H2,1-3H3,(H,22,24)/t16-,20+/m0/s1. The van der Waals surface area contributed by atoms with Gasteiger partial charge in [0.25, 0.3) is 0 Å². The second-order valence-corrected chi connectivity index (χ2v) is 10.7. The highest BCUT2D eigenvalue weighted by Gasteiger charge is 2.49. The summed E-state index contributed by atoms with van der Waals surface area (Å²) in [5, 5.41) is 6.44. The van der Waals surface area contributed by atoms with Crippen molar-refractivity contribution < 1.29 is 13.2 Å². The fourth-order valence-corrected chi connectivity index (χ4v) is 6.03. The molecule has 1 aromatic rings. The van der Waals surface area contributed by atoms with Gasteiger partial charge in [-0.05, 0) is 63.8 Å². The van der Waals surface area contributed by atoms with Gasteiger partial charge in [-0.15, -0.1) is 0 Å². The lowest BCUT2D eigenvalue weighted by Gasteiger charge is -2.37. The summed E-state index contributed by atoms with van der Waals surface area (Å²) in [6.45, 7) is 7.08. The van der Waals surface area contributed by atoms with Crippen LogP contribution in [0.2, 0.25) is 0 Å². The molecule has 0 unspecified atom stereocenters. The molecule has 1 heterocycles. The summed E-state index contributed by atoms with van der Waals surface area (Å²) in [7, 11) is -3.45. The maximum atomic E-state index is 13.1. The van der Waals surface area contributed by atoms with Gasteiger partial charge in [-0.2, -0.15) is 0 Å². The van der Waals surface area contributed by atoms with E-state index in [1.54, 1.807) is 18.2 Å². The number of benzene rings is 1. The van der Waals surface area contributed by atoms with Gasteiger partial charge in [0.05, 0.1) is 11.2 Å². The van der Waals surface area contributed by atoms with E-state index < -0.39 is 15.6 Å². The zero-order valence-electron chi connectivity index (χ0n) is 16.5. The number of fused-ring (bicyclic) bond motifs is 1. The molecule has 0 aromatic heterocycles. The van der Waals surface area contributed by atoms with Gasteiger partial charge in [-0.1, -0.05) is 25.0 Å². The van der Waals surface area contributed by atoms with E-state index in [9.17, 15) is 13.2 Å². The molecule has 6 nitrogen and oxygen atoms in total. The number of rotatable bonds is 5. The molecule has 2 aliphatic rings. The molecule has 2 atom stereocenters. The van der Waals surface area contributed by atoms with Crippen LogP contribution in [-0.2, 0) is 20.6 Å². The van der Waals surface area contributed by atoms with Crippen molar-refractivity contribution in [3.63, 3.8) is 0 Å². The Balaban J connectivity index is 1.72. The van der Waals surface area contributed by atoms with Crippen molar-refractivity contribution in [1.29, 1.82) is 0 Å². The topological polar surface area (TPSA) is 87.3 Å². The number of hydrogen-bond acceptors (Lipinski definition) is 4. The van der Waals surface area contributed by atoms with Gasteiger partial charge in [0.1, 0.15) is 0 Å². The van der Waals surface area contributed by atoms with Gasteiger partial charge >= 0.3 is 0 Å². The van der Waals surface area contributed by atoms with Crippen LogP contribution in [0.3, 0.4) is 0 Å². The lowest BCUT2D eigenvalue weighted by molar-refractivity contribution is -0.128. The number of sulfonamides is 1. The predicted octanol–water partition coefficient (Wildman–Crippen LogP) is 2.62. The summed E-state index contributed by atoms with van der Waals surface area (Å²) in [5.74, 6) is 0.347. The van der Waals surface area contributed by atoms with Crippen molar-refractivity contribution in [3.8, 4) is 0 Å². The van der Waals surface area contributed by atoms with Crippen LogP contribution in [0, 0.1) is 11.3 Å². The third-order valence-corrected chi connectivity index (χ3v) is 7.13. The quantitative estimate of drug-likeness (QED) is 0.718. The third-order valence-electron chi connectivity index (χ3n) is 5.49. The van der Waals surface area contributed by atoms with Gasteiger partial charge in [-0.25, -0.2) is 13.1 Å². The molecule has 7 heteroatoms. The van der Waals surface area contributed by atoms with Gasteiger partial charge in [-0.3, -0.25) is 4.79 Å². The molecule has 0 radical (unpaired) electrons. The van der Waals surface area contributed by atoms with Crippen LogP contribution in [0.4, 0.5) is 5.69 Å². The zero-order valence-corrected chi connectivity index (χ0v) is 17.3. The van der Waals surface area contributed by atoms with Crippen molar-refractivity contribution in [3.05, 3.63) is 29.8 Å². The van der Waals surface area contributed by atoms with Crippen LogP contribution in [0.5, 0.6) is 0 Å². The fourth-order valence-electron chi connectivity index (χ4n) is 4.41. The lowest BCUT2D eigenvalue weighted by atomic mass is 9.67. The predicted molar refractivity (Wildman–Crippen MR) is 108 cm³/mol. The van der Waals surface area contributed by atoms with Crippen LogP contribution >= 0.6 is 0 Å². The molecular formula is C20H31N3O3S. The summed E-state index contributed by atoms with van der Waals surface area (Å²) in [6, 6.07) is 7.15. The van der Waals surface area contributed by atoms with Crippen LogP contribution < -0.4 is 15.4 Å². The normalized spacial score (nSPS) is 25.8. The Bertz CT molecular complexity index is 801. The highest BCUT2D eigenvalue weighted by molar-refractivity contribution is 7.88. The molecular weight excluding hydrogens is 362 g/mol. The lowest BCUT2D eigenvalue weighted by Crippen LogP contribution is -2.44. The number of anilines is 1. The Hall–Kier alpha value is -1.44. The first-order chi connectivity index (χ1) is 12.6. The molecule has 2 fully saturated rings. The SMILES string of the molecule is CC(C)(C)NS(=O)(=O)Cc1cccc(NC(=O)[C@@]23CCCC[C@H]2CNC3)c1. The highest BCUT2D eigenvalue weighted by atomic mass is 32.2. The van der Waals surface area contributed by atoms with Crippen molar-refractivity contribution >= 4 is 21.6 Å². The second-order valence-electron chi connectivity index (χ2n) is 9.00.